The molecule has 2 aliphatic rings. The summed E-state index contributed by atoms with van der Waals surface area (Å²) in [5.41, 5.74) is 1.94. The molecule has 1 N–H and O–H groups in total. The minimum Gasteiger partial charge on any atom is -0.487 e. The van der Waals surface area contributed by atoms with Gasteiger partial charge in [-0.15, -0.1) is 10.2 Å². The molecule has 2 fully saturated rings. The minimum absolute atomic E-state index is 0.222. The predicted molar refractivity (Wildman–Crippen MR) is 190 cm³/mol. The molecule has 1 aliphatic heterocycles. The Morgan fingerprint density at radius 2 is 1.84 bits per heavy atom. The van der Waals surface area contributed by atoms with Gasteiger partial charge in [-0.2, -0.15) is 0 Å². The zero-order valence-corrected chi connectivity index (χ0v) is 30.6. The van der Waals surface area contributed by atoms with Gasteiger partial charge in [-0.3, -0.25) is 9.58 Å². The van der Waals surface area contributed by atoms with Crippen LogP contribution in [0.3, 0.4) is 0 Å². The third kappa shape index (κ3) is 9.27. The van der Waals surface area contributed by atoms with Crippen LogP contribution in [0.25, 0.3) is 11.3 Å². The first-order valence-corrected chi connectivity index (χ1v) is 17.9. The molecule has 50 heavy (non-hydrogen) atoms. The summed E-state index contributed by atoms with van der Waals surface area (Å²) in [5.74, 6) is 1.48. The molecule has 1 saturated heterocycles. The van der Waals surface area contributed by atoms with Crippen molar-refractivity contribution in [3.63, 3.8) is 0 Å². The molecule has 4 aromatic rings. The Balaban J connectivity index is 1.17. The Bertz CT molecular complexity index is 1670. The van der Waals surface area contributed by atoms with E-state index in [0.717, 1.165) is 44.3 Å². The van der Waals surface area contributed by atoms with E-state index in [9.17, 15) is 0 Å². The first kappa shape index (κ1) is 36.0. The Labute approximate surface area is 298 Å². The van der Waals surface area contributed by atoms with Gasteiger partial charge in [0.1, 0.15) is 23.9 Å². The number of tetrazole rings is 1. The molecular formula is C35H49ClN10O4. The highest BCUT2D eigenvalue weighted by Crippen LogP contribution is 2.36. The van der Waals surface area contributed by atoms with Gasteiger partial charge in [0.15, 0.2) is 0 Å². The highest BCUT2D eigenvalue weighted by Gasteiger charge is 2.32. The molecule has 0 radical (unpaired) electrons. The van der Waals surface area contributed by atoms with Crippen LogP contribution in [0.5, 0.6) is 11.6 Å². The van der Waals surface area contributed by atoms with Crippen LogP contribution < -0.4 is 14.8 Å². The number of ether oxygens (including phenoxy) is 4. The predicted octanol–water partition coefficient (Wildman–Crippen LogP) is 5.98. The summed E-state index contributed by atoms with van der Waals surface area (Å²) in [6.45, 7) is 13.3. The van der Waals surface area contributed by atoms with E-state index in [0.29, 0.717) is 59.6 Å². The minimum atomic E-state index is -0.313. The van der Waals surface area contributed by atoms with Gasteiger partial charge in [0.05, 0.1) is 53.9 Å². The van der Waals surface area contributed by atoms with Crippen LogP contribution >= 0.6 is 11.6 Å². The van der Waals surface area contributed by atoms with Crippen LogP contribution in [0.1, 0.15) is 72.8 Å². The molecule has 14 nitrogen and oxygen atoms in total. The summed E-state index contributed by atoms with van der Waals surface area (Å²) in [4.78, 5) is 12.0. The van der Waals surface area contributed by atoms with Crippen molar-refractivity contribution in [1.82, 2.24) is 44.9 Å². The van der Waals surface area contributed by atoms with Crippen molar-refractivity contribution < 1.29 is 18.9 Å². The van der Waals surface area contributed by atoms with Crippen molar-refractivity contribution in [2.75, 3.05) is 32.1 Å². The van der Waals surface area contributed by atoms with Crippen LogP contribution in [0.4, 0.5) is 11.6 Å². The second-order valence-corrected chi connectivity index (χ2v) is 14.5. The number of halogens is 1. The molecular weight excluding hydrogens is 660 g/mol. The molecule has 6 rings (SSSR count). The van der Waals surface area contributed by atoms with Crippen molar-refractivity contribution in [2.24, 2.45) is 0 Å². The molecule has 1 aromatic carbocycles. The lowest BCUT2D eigenvalue weighted by molar-refractivity contribution is -0.0852. The molecule has 1 aliphatic carbocycles. The smallest absolute Gasteiger partial charge is 0.256 e. The lowest BCUT2D eigenvalue weighted by atomic mass is 9.89. The number of methoxy groups -OCH3 is 1. The van der Waals surface area contributed by atoms with Crippen LogP contribution in [0.15, 0.2) is 43.0 Å². The highest BCUT2D eigenvalue weighted by molar-refractivity contribution is 6.32. The summed E-state index contributed by atoms with van der Waals surface area (Å²) < 4.78 is 27.7. The first-order chi connectivity index (χ1) is 24.0. The molecule has 15 heteroatoms. The summed E-state index contributed by atoms with van der Waals surface area (Å²) in [5, 5.41) is 20.1. The van der Waals surface area contributed by atoms with Gasteiger partial charge in [0.25, 0.3) is 5.88 Å². The fraction of sp³-hybridized carbons (Fsp3) is 0.600. The molecule has 0 bridgehead atoms. The van der Waals surface area contributed by atoms with Gasteiger partial charge in [0, 0.05) is 44.4 Å². The third-order valence-corrected chi connectivity index (χ3v) is 9.80. The standard InChI is InChI=1S/C35H49ClN10O4/c1-23-18-44(19-24(2)49-23)27-8-10-28(11-9-27)46-21-31(33(41-46)48-16-14-35(4,5)47-6)40-34-37-15-13-30(39-34)26-7-12-29(36)32(17-26)50-25(3)20-45-22-38-42-43-45/h7,12-13,15,17,21-25,27-28H,8-11,14,16,18-20H2,1-6H3,(H,37,39,40)/t23-,24+,25-,27?,28?/m0/s1. The fourth-order valence-electron chi connectivity index (χ4n) is 6.69. The monoisotopic (exact) mass is 708 g/mol. The topological polar surface area (TPSA) is 139 Å². The van der Waals surface area contributed by atoms with Crippen molar-refractivity contribution in [3.8, 4) is 22.9 Å². The van der Waals surface area contributed by atoms with E-state index in [1.165, 1.54) is 0 Å². The van der Waals surface area contributed by atoms with E-state index < -0.39 is 0 Å². The number of benzene rings is 1. The molecule has 0 amide bonds. The number of anilines is 2. The second-order valence-electron chi connectivity index (χ2n) is 14.1. The molecule has 3 atom stereocenters. The average molecular weight is 709 g/mol. The van der Waals surface area contributed by atoms with Crippen LogP contribution in [0, 0.1) is 0 Å². The molecule has 1 saturated carbocycles. The number of nitrogens with one attached hydrogen (secondary N) is 1. The Hall–Kier alpha value is -3.85. The Kier molecular flexibility index (Phi) is 11.5. The highest BCUT2D eigenvalue weighted by atomic mass is 35.5. The number of aromatic nitrogens is 8. The quantitative estimate of drug-likeness (QED) is 0.165. The van der Waals surface area contributed by atoms with Crippen molar-refractivity contribution in [1.29, 1.82) is 0 Å². The maximum absolute atomic E-state index is 6.51. The number of hydrogen-bond acceptors (Lipinski definition) is 12. The number of morpholine rings is 1. The zero-order chi connectivity index (χ0) is 35.3. The number of nitrogens with zero attached hydrogens (tertiary/aromatic N) is 9. The van der Waals surface area contributed by atoms with E-state index in [1.807, 2.05) is 45.2 Å². The molecule has 0 spiro atoms. The van der Waals surface area contributed by atoms with E-state index >= 15 is 0 Å². The van der Waals surface area contributed by atoms with E-state index in [1.54, 1.807) is 30.4 Å². The van der Waals surface area contributed by atoms with E-state index in [4.69, 9.17) is 40.6 Å². The molecule has 0 unspecified atom stereocenters. The van der Waals surface area contributed by atoms with Gasteiger partial charge < -0.3 is 24.3 Å². The van der Waals surface area contributed by atoms with Gasteiger partial charge in [0.2, 0.25) is 5.95 Å². The van der Waals surface area contributed by atoms with Crippen LogP contribution in [-0.4, -0.2) is 102 Å². The van der Waals surface area contributed by atoms with Crippen molar-refractivity contribution in [3.05, 3.63) is 48.0 Å². The lowest BCUT2D eigenvalue weighted by Crippen LogP contribution is -2.51. The summed E-state index contributed by atoms with van der Waals surface area (Å²) in [6.07, 6.45) is 10.7. The molecule has 270 valence electrons. The third-order valence-electron chi connectivity index (χ3n) is 9.49. The van der Waals surface area contributed by atoms with E-state index in [-0.39, 0.29) is 30.0 Å². The maximum atomic E-state index is 6.51. The summed E-state index contributed by atoms with van der Waals surface area (Å²) >= 11 is 6.51. The van der Waals surface area contributed by atoms with Gasteiger partial charge in [-0.1, -0.05) is 17.7 Å². The SMILES string of the molecule is COC(C)(C)CCOc1nn(C2CCC(N3C[C@@H](C)O[C@@H](C)C3)CC2)cc1Nc1nccc(-c2ccc(Cl)c(O[C@@H](C)Cn3cnnn3)c2)n1. The first-order valence-electron chi connectivity index (χ1n) is 17.5. The number of hydrogen-bond donors (Lipinski definition) is 1. The summed E-state index contributed by atoms with van der Waals surface area (Å²) in [7, 11) is 1.72. The van der Waals surface area contributed by atoms with Gasteiger partial charge in [-0.05, 0) is 88.9 Å². The molecule has 3 aromatic heterocycles. The fourth-order valence-corrected chi connectivity index (χ4v) is 6.85. The van der Waals surface area contributed by atoms with Gasteiger partial charge in [-0.25, -0.2) is 14.6 Å². The zero-order valence-electron chi connectivity index (χ0n) is 29.8. The average Bonchev–Trinajstić information content (AvgIpc) is 3.75. The van der Waals surface area contributed by atoms with Crippen molar-refractivity contribution >= 4 is 23.2 Å². The lowest BCUT2D eigenvalue weighted by Gasteiger charge is -2.42. The van der Waals surface area contributed by atoms with Crippen LogP contribution in [-0.2, 0) is 16.0 Å². The van der Waals surface area contributed by atoms with Gasteiger partial charge >= 0.3 is 0 Å². The van der Waals surface area contributed by atoms with Crippen molar-refractivity contribution in [2.45, 2.75) is 109 Å². The maximum Gasteiger partial charge on any atom is 0.256 e. The Morgan fingerprint density at radius 1 is 1.08 bits per heavy atom. The normalized spacial score (nSPS) is 22.3. The van der Waals surface area contributed by atoms with E-state index in [2.05, 4.69) is 49.3 Å². The van der Waals surface area contributed by atoms with Crippen LogP contribution in [0.2, 0.25) is 5.02 Å². The number of rotatable bonds is 14. The Morgan fingerprint density at radius 3 is 2.56 bits per heavy atom. The largest absolute Gasteiger partial charge is 0.487 e. The second kappa shape index (κ2) is 16.0. The molecule has 4 heterocycles. The summed E-state index contributed by atoms with van der Waals surface area (Å²) in [6, 6.07) is 8.29.